The maximum atomic E-state index is 3.76. The van der Waals surface area contributed by atoms with E-state index in [4.69, 9.17) is 0 Å². The molecule has 0 spiro atoms. The SMILES string of the molecule is CCN(CC1CCC1)c1ccc(CNC(C)C)cc1Br. The summed E-state index contributed by atoms with van der Waals surface area (Å²) in [6.07, 6.45) is 4.23. The van der Waals surface area contributed by atoms with Gasteiger partial charge in [-0.1, -0.05) is 26.3 Å². The van der Waals surface area contributed by atoms with Gasteiger partial charge in [0.2, 0.25) is 0 Å². The summed E-state index contributed by atoms with van der Waals surface area (Å²) < 4.78 is 1.22. The van der Waals surface area contributed by atoms with E-state index in [0.29, 0.717) is 6.04 Å². The lowest BCUT2D eigenvalue weighted by Crippen LogP contribution is -2.32. The molecule has 0 saturated heterocycles. The van der Waals surface area contributed by atoms with Gasteiger partial charge in [-0.25, -0.2) is 0 Å². The molecule has 0 aromatic heterocycles. The van der Waals surface area contributed by atoms with Gasteiger partial charge >= 0.3 is 0 Å². The van der Waals surface area contributed by atoms with Crippen LogP contribution in [-0.4, -0.2) is 19.1 Å². The third kappa shape index (κ3) is 4.23. The topological polar surface area (TPSA) is 15.3 Å². The Morgan fingerprint density at radius 2 is 2.10 bits per heavy atom. The first-order valence-electron chi connectivity index (χ1n) is 7.87. The average molecular weight is 339 g/mol. The van der Waals surface area contributed by atoms with Gasteiger partial charge < -0.3 is 10.2 Å². The lowest BCUT2D eigenvalue weighted by molar-refractivity contribution is 0.318. The van der Waals surface area contributed by atoms with Gasteiger partial charge in [-0.3, -0.25) is 0 Å². The predicted octanol–water partition coefficient (Wildman–Crippen LogP) is 4.57. The van der Waals surface area contributed by atoms with E-state index in [-0.39, 0.29) is 0 Å². The minimum atomic E-state index is 0.527. The van der Waals surface area contributed by atoms with E-state index in [1.54, 1.807) is 0 Å². The Morgan fingerprint density at radius 1 is 1.35 bits per heavy atom. The molecule has 1 aliphatic carbocycles. The maximum Gasteiger partial charge on any atom is 0.0510 e. The van der Waals surface area contributed by atoms with Crippen LogP contribution in [0.15, 0.2) is 22.7 Å². The Balaban J connectivity index is 2.02. The Labute approximate surface area is 132 Å². The number of hydrogen-bond acceptors (Lipinski definition) is 2. The van der Waals surface area contributed by atoms with Crippen molar-refractivity contribution >= 4 is 21.6 Å². The molecule has 112 valence electrons. The molecule has 1 aromatic carbocycles. The van der Waals surface area contributed by atoms with Gasteiger partial charge in [0.05, 0.1) is 5.69 Å². The predicted molar refractivity (Wildman–Crippen MR) is 91.3 cm³/mol. The molecule has 2 nitrogen and oxygen atoms in total. The highest BCUT2D eigenvalue weighted by atomic mass is 79.9. The number of benzene rings is 1. The maximum absolute atomic E-state index is 3.76. The van der Waals surface area contributed by atoms with Gasteiger partial charge in [-0.15, -0.1) is 0 Å². The van der Waals surface area contributed by atoms with Crippen LogP contribution in [-0.2, 0) is 6.54 Å². The minimum absolute atomic E-state index is 0.527. The lowest BCUT2D eigenvalue weighted by atomic mass is 9.85. The molecule has 3 heteroatoms. The first kappa shape index (κ1) is 15.8. The highest BCUT2D eigenvalue weighted by Crippen LogP contribution is 2.32. The highest BCUT2D eigenvalue weighted by molar-refractivity contribution is 9.10. The van der Waals surface area contributed by atoms with Crippen LogP contribution < -0.4 is 10.2 Å². The van der Waals surface area contributed by atoms with Crippen LogP contribution in [0.5, 0.6) is 0 Å². The third-order valence-electron chi connectivity index (χ3n) is 4.15. The van der Waals surface area contributed by atoms with Crippen LogP contribution in [0, 0.1) is 5.92 Å². The van der Waals surface area contributed by atoms with E-state index in [2.05, 4.69) is 65.1 Å². The summed E-state index contributed by atoms with van der Waals surface area (Å²) in [6.45, 7) is 9.84. The molecule has 0 bridgehead atoms. The van der Waals surface area contributed by atoms with E-state index in [1.807, 2.05) is 0 Å². The van der Waals surface area contributed by atoms with Gasteiger partial charge in [0, 0.05) is 30.1 Å². The fourth-order valence-electron chi connectivity index (χ4n) is 2.62. The first-order valence-corrected chi connectivity index (χ1v) is 8.66. The molecule has 1 saturated carbocycles. The second-order valence-corrected chi connectivity index (χ2v) is 7.01. The third-order valence-corrected chi connectivity index (χ3v) is 4.79. The van der Waals surface area contributed by atoms with E-state index >= 15 is 0 Å². The molecule has 0 amide bonds. The van der Waals surface area contributed by atoms with Crippen molar-refractivity contribution in [1.29, 1.82) is 0 Å². The zero-order chi connectivity index (χ0) is 14.5. The summed E-state index contributed by atoms with van der Waals surface area (Å²) in [7, 11) is 0. The first-order chi connectivity index (χ1) is 9.60. The average Bonchev–Trinajstić information content (AvgIpc) is 2.36. The van der Waals surface area contributed by atoms with Crippen LogP contribution in [0.25, 0.3) is 0 Å². The van der Waals surface area contributed by atoms with Crippen molar-refractivity contribution in [2.45, 2.75) is 52.6 Å². The van der Waals surface area contributed by atoms with Crippen molar-refractivity contribution in [3.05, 3.63) is 28.2 Å². The summed E-state index contributed by atoms with van der Waals surface area (Å²) in [5.41, 5.74) is 2.68. The number of nitrogens with one attached hydrogen (secondary N) is 1. The van der Waals surface area contributed by atoms with Gasteiger partial charge in [0.15, 0.2) is 0 Å². The molecular formula is C17H27BrN2. The summed E-state index contributed by atoms with van der Waals surface area (Å²) in [5.74, 6) is 0.907. The second-order valence-electron chi connectivity index (χ2n) is 6.16. The molecule has 0 atom stereocenters. The Hall–Kier alpha value is -0.540. The smallest absolute Gasteiger partial charge is 0.0510 e. The summed E-state index contributed by atoms with van der Waals surface area (Å²) in [4.78, 5) is 2.51. The molecule has 0 unspecified atom stereocenters. The monoisotopic (exact) mass is 338 g/mol. The van der Waals surface area contributed by atoms with Crippen LogP contribution in [0.2, 0.25) is 0 Å². The Kier molecular flexibility index (Phi) is 5.91. The Morgan fingerprint density at radius 3 is 2.60 bits per heavy atom. The molecule has 0 radical (unpaired) electrons. The van der Waals surface area contributed by atoms with Crippen LogP contribution >= 0.6 is 15.9 Å². The molecule has 1 aliphatic rings. The van der Waals surface area contributed by atoms with Crippen molar-refractivity contribution in [3.8, 4) is 0 Å². The van der Waals surface area contributed by atoms with Crippen molar-refractivity contribution < 1.29 is 0 Å². The van der Waals surface area contributed by atoms with Gasteiger partial charge in [0.25, 0.3) is 0 Å². The molecule has 0 aliphatic heterocycles. The number of rotatable bonds is 7. The number of nitrogens with zero attached hydrogens (tertiary/aromatic N) is 1. The Bertz CT molecular complexity index is 427. The zero-order valence-corrected chi connectivity index (χ0v) is 14.5. The van der Waals surface area contributed by atoms with E-state index in [1.165, 1.54) is 41.5 Å². The fourth-order valence-corrected chi connectivity index (χ4v) is 3.30. The molecular weight excluding hydrogens is 312 g/mol. The van der Waals surface area contributed by atoms with Gasteiger partial charge in [-0.2, -0.15) is 0 Å². The van der Waals surface area contributed by atoms with E-state index < -0.39 is 0 Å². The van der Waals surface area contributed by atoms with Crippen molar-refractivity contribution in [1.82, 2.24) is 5.32 Å². The number of anilines is 1. The fraction of sp³-hybridized carbons (Fsp3) is 0.647. The largest absolute Gasteiger partial charge is 0.371 e. The van der Waals surface area contributed by atoms with Crippen LogP contribution in [0.3, 0.4) is 0 Å². The van der Waals surface area contributed by atoms with E-state index in [0.717, 1.165) is 19.0 Å². The molecule has 1 fully saturated rings. The lowest BCUT2D eigenvalue weighted by Gasteiger charge is -2.33. The highest BCUT2D eigenvalue weighted by Gasteiger charge is 2.21. The summed E-state index contributed by atoms with van der Waals surface area (Å²) in [6, 6.07) is 7.30. The molecule has 1 N–H and O–H groups in total. The van der Waals surface area contributed by atoms with Crippen molar-refractivity contribution in [2.24, 2.45) is 5.92 Å². The van der Waals surface area contributed by atoms with Gasteiger partial charge in [-0.05, 0) is 59.3 Å². The minimum Gasteiger partial charge on any atom is -0.371 e. The molecule has 2 rings (SSSR count). The normalized spacial score (nSPS) is 15.4. The molecule has 20 heavy (non-hydrogen) atoms. The van der Waals surface area contributed by atoms with Gasteiger partial charge in [0.1, 0.15) is 0 Å². The number of halogens is 1. The van der Waals surface area contributed by atoms with E-state index in [9.17, 15) is 0 Å². The molecule has 0 heterocycles. The van der Waals surface area contributed by atoms with Crippen molar-refractivity contribution in [2.75, 3.05) is 18.0 Å². The summed E-state index contributed by atoms with van der Waals surface area (Å²) >= 11 is 3.76. The zero-order valence-electron chi connectivity index (χ0n) is 13.0. The quantitative estimate of drug-likeness (QED) is 0.783. The summed E-state index contributed by atoms with van der Waals surface area (Å²) in [5, 5.41) is 3.47. The second kappa shape index (κ2) is 7.46. The molecule has 1 aromatic rings. The number of hydrogen-bond donors (Lipinski definition) is 1. The standard InChI is InChI=1S/C17H27BrN2/c1-4-20(12-14-6-5-7-14)17-9-8-15(10-16(17)18)11-19-13(2)3/h8-10,13-14,19H,4-7,11-12H2,1-3H3. The van der Waals surface area contributed by atoms with Crippen LogP contribution in [0.1, 0.15) is 45.6 Å². The van der Waals surface area contributed by atoms with Crippen LogP contribution in [0.4, 0.5) is 5.69 Å². The van der Waals surface area contributed by atoms with Crippen molar-refractivity contribution in [3.63, 3.8) is 0 Å².